The number of aromatic amines is 1. The number of nitrogens with zero attached hydrogens (tertiary/aromatic N) is 1. The number of rotatable bonds is 8. The highest BCUT2D eigenvalue weighted by atomic mass is 16.5. The summed E-state index contributed by atoms with van der Waals surface area (Å²) in [6.07, 6.45) is 0.275. The highest BCUT2D eigenvalue weighted by Crippen LogP contribution is 2.32. The summed E-state index contributed by atoms with van der Waals surface area (Å²) in [5, 5.41) is 9.87. The topological polar surface area (TPSA) is 129 Å². The number of aromatic nitrogens is 2. The van der Waals surface area contributed by atoms with E-state index in [0.29, 0.717) is 29.0 Å². The number of carbonyl (C=O) groups is 2. The zero-order chi connectivity index (χ0) is 17.7. The lowest BCUT2D eigenvalue weighted by Gasteiger charge is -2.14. The predicted octanol–water partition coefficient (Wildman–Crippen LogP) is 0.200. The Morgan fingerprint density at radius 1 is 1.25 bits per heavy atom. The van der Waals surface area contributed by atoms with Gasteiger partial charge in [-0.05, 0) is 12.5 Å². The number of carbonyl (C=O) groups excluding carboxylic acids is 2. The monoisotopic (exact) mass is 336 g/mol. The maximum absolute atomic E-state index is 12.4. The van der Waals surface area contributed by atoms with Crippen molar-refractivity contribution in [2.45, 2.75) is 12.5 Å². The second kappa shape index (κ2) is 7.64. The molecule has 1 heterocycles. The third kappa shape index (κ3) is 3.57. The Bertz CT molecular complexity index is 743. The number of H-pyrrole nitrogens is 1. The fourth-order valence-electron chi connectivity index (χ4n) is 2.26. The summed E-state index contributed by atoms with van der Waals surface area (Å²) in [6, 6.07) is 2.47. The average Bonchev–Trinajstić information content (AvgIpc) is 2.99. The van der Waals surface area contributed by atoms with Gasteiger partial charge in [0.2, 0.25) is 5.91 Å². The number of nitrogens with two attached hydrogens (primary N) is 1. The van der Waals surface area contributed by atoms with Gasteiger partial charge in [-0.1, -0.05) is 0 Å². The molecule has 0 saturated heterocycles. The normalized spacial score (nSPS) is 12.0. The lowest BCUT2D eigenvalue weighted by Crippen LogP contribution is -2.45. The van der Waals surface area contributed by atoms with Crippen molar-refractivity contribution in [3.8, 4) is 11.5 Å². The molecular formula is C15H20N4O5. The molecule has 0 saturated carbocycles. The Balaban J connectivity index is 2.30. The maximum Gasteiger partial charge on any atom is 0.273 e. The molecule has 0 aliphatic heterocycles. The number of fused-ring (bicyclic) bond motifs is 1. The molecule has 2 rings (SSSR count). The smallest absolute Gasteiger partial charge is 0.273 e. The van der Waals surface area contributed by atoms with Gasteiger partial charge in [0.15, 0.2) is 17.2 Å². The van der Waals surface area contributed by atoms with Crippen LogP contribution in [0, 0.1) is 0 Å². The van der Waals surface area contributed by atoms with Crippen LogP contribution in [0.1, 0.15) is 16.9 Å². The Hall–Kier alpha value is -2.81. The number of ether oxygens (including phenoxy) is 3. The van der Waals surface area contributed by atoms with Gasteiger partial charge in [0.1, 0.15) is 6.04 Å². The summed E-state index contributed by atoms with van der Waals surface area (Å²) >= 11 is 0. The average molecular weight is 336 g/mol. The van der Waals surface area contributed by atoms with Crippen molar-refractivity contribution in [1.82, 2.24) is 15.5 Å². The molecule has 0 spiro atoms. The zero-order valence-electron chi connectivity index (χ0n) is 13.7. The molecule has 1 atom stereocenters. The van der Waals surface area contributed by atoms with Crippen LogP contribution in [0.15, 0.2) is 12.1 Å². The highest BCUT2D eigenvalue weighted by molar-refractivity contribution is 6.06. The molecule has 0 aliphatic carbocycles. The van der Waals surface area contributed by atoms with Gasteiger partial charge < -0.3 is 25.3 Å². The number of benzene rings is 1. The molecule has 1 aromatic heterocycles. The van der Waals surface area contributed by atoms with E-state index in [9.17, 15) is 9.59 Å². The van der Waals surface area contributed by atoms with Crippen molar-refractivity contribution in [2.75, 3.05) is 27.9 Å². The Labute approximate surface area is 138 Å². The van der Waals surface area contributed by atoms with Crippen molar-refractivity contribution in [1.29, 1.82) is 0 Å². The van der Waals surface area contributed by atoms with Crippen LogP contribution in [0.5, 0.6) is 11.5 Å². The molecule has 0 radical (unpaired) electrons. The van der Waals surface area contributed by atoms with E-state index >= 15 is 0 Å². The quantitative estimate of drug-likeness (QED) is 0.631. The van der Waals surface area contributed by atoms with Gasteiger partial charge in [-0.2, -0.15) is 5.10 Å². The van der Waals surface area contributed by atoms with E-state index in [0.717, 1.165) is 0 Å². The van der Waals surface area contributed by atoms with E-state index in [2.05, 4.69) is 15.5 Å². The molecule has 0 aliphatic rings. The minimum absolute atomic E-state index is 0.134. The van der Waals surface area contributed by atoms with Gasteiger partial charge in [-0.3, -0.25) is 14.7 Å². The van der Waals surface area contributed by atoms with Crippen LogP contribution in [0.25, 0.3) is 10.9 Å². The number of hydrogen-bond acceptors (Lipinski definition) is 6. The van der Waals surface area contributed by atoms with Crippen LogP contribution in [0.4, 0.5) is 0 Å². The van der Waals surface area contributed by atoms with Crippen molar-refractivity contribution in [3.05, 3.63) is 17.8 Å². The number of methoxy groups -OCH3 is 3. The van der Waals surface area contributed by atoms with Crippen LogP contribution in [0.2, 0.25) is 0 Å². The largest absolute Gasteiger partial charge is 0.493 e. The van der Waals surface area contributed by atoms with E-state index in [1.165, 1.54) is 21.3 Å². The Kier molecular flexibility index (Phi) is 5.59. The summed E-state index contributed by atoms with van der Waals surface area (Å²) in [7, 11) is 4.51. The molecule has 4 N–H and O–H groups in total. The predicted molar refractivity (Wildman–Crippen MR) is 86.1 cm³/mol. The minimum atomic E-state index is -0.843. The summed E-state index contributed by atoms with van der Waals surface area (Å²) in [5.41, 5.74) is 6.04. The Morgan fingerprint density at radius 3 is 2.50 bits per heavy atom. The van der Waals surface area contributed by atoms with E-state index in [1.807, 2.05) is 0 Å². The highest BCUT2D eigenvalue weighted by Gasteiger charge is 2.22. The van der Waals surface area contributed by atoms with Crippen molar-refractivity contribution in [3.63, 3.8) is 0 Å². The molecule has 1 aromatic carbocycles. The second-order valence-electron chi connectivity index (χ2n) is 5.03. The molecule has 130 valence electrons. The van der Waals surface area contributed by atoms with E-state index in [1.54, 1.807) is 12.1 Å². The molecule has 2 aromatic rings. The van der Waals surface area contributed by atoms with Gasteiger partial charge in [0.05, 0.1) is 19.7 Å². The van der Waals surface area contributed by atoms with Crippen molar-refractivity contribution in [2.24, 2.45) is 5.73 Å². The van der Waals surface area contributed by atoms with Gasteiger partial charge in [-0.15, -0.1) is 0 Å². The second-order valence-corrected chi connectivity index (χ2v) is 5.03. The van der Waals surface area contributed by atoms with Gasteiger partial charge in [-0.25, -0.2) is 0 Å². The van der Waals surface area contributed by atoms with E-state index in [-0.39, 0.29) is 12.1 Å². The summed E-state index contributed by atoms with van der Waals surface area (Å²) in [5.74, 6) is -0.185. The summed E-state index contributed by atoms with van der Waals surface area (Å²) in [6.45, 7) is 0.292. The number of hydrogen-bond donors (Lipinski definition) is 3. The molecule has 24 heavy (non-hydrogen) atoms. The first-order valence-electron chi connectivity index (χ1n) is 7.21. The number of amides is 2. The first-order valence-corrected chi connectivity index (χ1v) is 7.21. The zero-order valence-corrected chi connectivity index (χ0v) is 13.7. The molecule has 9 heteroatoms. The van der Waals surface area contributed by atoms with Crippen LogP contribution in [0.3, 0.4) is 0 Å². The standard InChI is InChI=1S/C15H20N4O5/c1-22-5-4-9(14(16)20)17-15(21)13-8-6-11(23-2)12(24-3)7-10(8)18-19-13/h6-7,9H,4-5H2,1-3H3,(H2,16,20)(H,17,21)(H,18,19). The van der Waals surface area contributed by atoms with Crippen LogP contribution in [-0.2, 0) is 9.53 Å². The van der Waals surface area contributed by atoms with Gasteiger partial charge >= 0.3 is 0 Å². The van der Waals surface area contributed by atoms with Crippen LogP contribution in [-0.4, -0.2) is 56.0 Å². The fraction of sp³-hybridized carbons (Fsp3) is 0.400. The maximum atomic E-state index is 12.4. The van der Waals surface area contributed by atoms with Gasteiger partial charge in [0.25, 0.3) is 5.91 Å². The van der Waals surface area contributed by atoms with E-state index in [4.69, 9.17) is 19.9 Å². The lowest BCUT2D eigenvalue weighted by molar-refractivity contribution is -0.120. The Morgan fingerprint density at radius 2 is 1.92 bits per heavy atom. The van der Waals surface area contributed by atoms with E-state index < -0.39 is 17.9 Å². The molecule has 1 unspecified atom stereocenters. The number of nitrogens with one attached hydrogen (secondary N) is 2. The fourth-order valence-corrected chi connectivity index (χ4v) is 2.26. The third-order valence-electron chi connectivity index (χ3n) is 3.54. The summed E-state index contributed by atoms with van der Waals surface area (Å²) in [4.78, 5) is 23.9. The van der Waals surface area contributed by atoms with Crippen LogP contribution < -0.4 is 20.5 Å². The van der Waals surface area contributed by atoms with Gasteiger partial charge in [0, 0.05) is 25.2 Å². The first-order chi connectivity index (χ1) is 11.5. The molecule has 9 nitrogen and oxygen atoms in total. The molecule has 0 fully saturated rings. The lowest BCUT2D eigenvalue weighted by atomic mass is 10.1. The number of primary amides is 1. The van der Waals surface area contributed by atoms with Crippen LogP contribution >= 0.6 is 0 Å². The third-order valence-corrected chi connectivity index (χ3v) is 3.54. The summed E-state index contributed by atoms with van der Waals surface area (Å²) < 4.78 is 15.3. The van der Waals surface area contributed by atoms with Crippen molar-refractivity contribution >= 4 is 22.7 Å². The van der Waals surface area contributed by atoms with Crippen molar-refractivity contribution < 1.29 is 23.8 Å². The minimum Gasteiger partial charge on any atom is -0.493 e. The molecule has 2 amide bonds. The first kappa shape index (κ1) is 17.5. The molecule has 0 bridgehead atoms. The SMILES string of the molecule is COCCC(NC(=O)c1n[nH]c2cc(OC)c(OC)cc12)C(N)=O. The molecular weight excluding hydrogens is 316 g/mol.